The van der Waals surface area contributed by atoms with Gasteiger partial charge < -0.3 is 25.0 Å². The summed E-state index contributed by atoms with van der Waals surface area (Å²) in [5.74, 6) is -1.61. The van der Waals surface area contributed by atoms with E-state index in [1.54, 1.807) is 36.6 Å². The van der Waals surface area contributed by atoms with Crippen molar-refractivity contribution in [2.24, 2.45) is 0 Å². The average molecular weight is 405 g/mol. The first-order chi connectivity index (χ1) is 13.5. The summed E-state index contributed by atoms with van der Waals surface area (Å²) in [6.45, 7) is 6.94. The van der Waals surface area contributed by atoms with Gasteiger partial charge in [0.05, 0.1) is 5.56 Å². The molecule has 1 fully saturated rings. The monoisotopic (exact) mass is 405 g/mol. The standard InChI is InChI=1S/C20H27N3O6/c1-20(2,3)29-19(28)23-11-9-22(10-12-23)17(25)8-7-16(24)21-15-6-4-5-14(13-15)18(26)27/h4-6,13H,7-12H2,1-3H3,(H,21,24)(H,26,27). The number of carbonyl (C=O) groups is 4. The number of carbonyl (C=O) groups excluding carboxylic acids is 3. The number of ether oxygens (including phenoxy) is 1. The van der Waals surface area contributed by atoms with Gasteiger partial charge in [0.1, 0.15) is 5.60 Å². The Kier molecular flexibility index (Phi) is 7.19. The van der Waals surface area contributed by atoms with Gasteiger partial charge >= 0.3 is 12.1 Å². The molecule has 2 N–H and O–H groups in total. The third-order valence-electron chi connectivity index (χ3n) is 4.24. The van der Waals surface area contributed by atoms with Crippen molar-refractivity contribution in [3.8, 4) is 0 Å². The van der Waals surface area contributed by atoms with Crippen LogP contribution in [0, 0.1) is 0 Å². The zero-order valence-electron chi connectivity index (χ0n) is 16.9. The van der Waals surface area contributed by atoms with Crippen LogP contribution in [-0.2, 0) is 14.3 Å². The molecule has 158 valence electrons. The lowest BCUT2D eigenvalue weighted by Gasteiger charge is -2.35. The van der Waals surface area contributed by atoms with Gasteiger partial charge in [0.25, 0.3) is 0 Å². The Labute approximate surface area is 169 Å². The van der Waals surface area contributed by atoms with Gasteiger partial charge in [-0.1, -0.05) is 6.07 Å². The number of hydrogen-bond donors (Lipinski definition) is 2. The highest BCUT2D eigenvalue weighted by Crippen LogP contribution is 2.14. The van der Waals surface area contributed by atoms with E-state index < -0.39 is 17.7 Å². The molecule has 1 saturated heterocycles. The van der Waals surface area contributed by atoms with Crippen molar-refractivity contribution in [2.45, 2.75) is 39.2 Å². The number of anilines is 1. The Hall–Kier alpha value is -3.10. The van der Waals surface area contributed by atoms with Gasteiger partial charge in [0.2, 0.25) is 11.8 Å². The van der Waals surface area contributed by atoms with Crippen LogP contribution < -0.4 is 5.32 Å². The minimum atomic E-state index is -1.08. The Bertz CT molecular complexity index is 779. The largest absolute Gasteiger partial charge is 0.478 e. The van der Waals surface area contributed by atoms with E-state index in [1.165, 1.54) is 18.2 Å². The number of aromatic carboxylic acids is 1. The highest BCUT2D eigenvalue weighted by atomic mass is 16.6. The van der Waals surface area contributed by atoms with Gasteiger partial charge in [0.15, 0.2) is 0 Å². The van der Waals surface area contributed by atoms with Gasteiger partial charge in [-0.3, -0.25) is 9.59 Å². The van der Waals surface area contributed by atoms with Crippen LogP contribution in [-0.4, -0.2) is 70.6 Å². The van der Waals surface area contributed by atoms with Crippen molar-refractivity contribution in [1.82, 2.24) is 9.80 Å². The zero-order valence-corrected chi connectivity index (χ0v) is 16.9. The number of hydrogen-bond acceptors (Lipinski definition) is 5. The van der Waals surface area contributed by atoms with Crippen molar-refractivity contribution in [1.29, 1.82) is 0 Å². The Morgan fingerprint density at radius 2 is 1.66 bits per heavy atom. The summed E-state index contributed by atoms with van der Waals surface area (Å²) < 4.78 is 5.33. The maximum absolute atomic E-state index is 12.3. The fourth-order valence-corrected chi connectivity index (χ4v) is 2.80. The Morgan fingerprint density at radius 1 is 1.03 bits per heavy atom. The fourth-order valence-electron chi connectivity index (χ4n) is 2.80. The third-order valence-corrected chi connectivity index (χ3v) is 4.24. The molecule has 0 bridgehead atoms. The summed E-state index contributed by atoms with van der Waals surface area (Å²) in [7, 11) is 0. The number of nitrogens with zero attached hydrogens (tertiary/aromatic N) is 2. The summed E-state index contributed by atoms with van der Waals surface area (Å²) in [5, 5.41) is 11.6. The molecule has 29 heavy (non-hydrogen) atoms. The molecule has 1 aliphatic rings. The Balaban J connectivity index is 1.76. The molecule has 2 rings (SSSR count). The van der Waals surface area contributed by atoms with Gasteiger partial charge in [-0.2, -0.15) is 0 Å². The number of carboxylic acid groups (broad SMARTS) is 1. The maximum Gasteiger partial charge on any atom is 0.410 e. The molecule has 1 heterocycles. The lowest BCUT2D eigenvalue weighted by atomic mass is 10.2. The highest BCUT2D eigenvalue weighted by Gasteiger charge is 2.27. The summed E-state index contributed by atoms with van der Waals surface area (Å²) >= 11 is 0. The number of rotatable bonds is 5. The van der Waals surface area contributed by atoms with Crippen LogP contribution in [0.2, 0.25) is 0 Å². The smallest absolute Gasteiger partial charge is 0.410 e. The second-order valence-electron chi connectivity index (χ2n) is 7.78. The van der Waals surface area contributed by atoms with Crippen molar-refractivity contribution in [3.63, 3.8) is 0 Å². The molecule has 3 amide bonds. The van der Waals surface area contributed by atoms with Crippen molar-refractivity contribution in [2.75, 3.05) is 31.5 Å². The molecular formula is C20H27N3O6. The lowest BCUT2D eigenvalue weighted by Crippen LogP contribution is -2.51. The van der Waals surface area contributed by atoms with E-state index in [0.717, 1.165) is 0 Å². The van der Waals surface area contributed by atoms with E-state index in [1.807, 2.05) is 0 Å². The first-order valence-corrected chi connectivity index (χ1v) is 9.44. The van der Waals surface area contributed by atoms with Crippen LogP contribution in [0.1, 0.15) is 44.0 Å². The van der Waals surface area contributed by atoms with Gasteiger partial charge in [0, 0.05) is 44.7 Å². The molecule has 0 unspecified atom stereocenters. The summed E-state index contributed by atoms with van der Waals surface area (Å²) in [5.41, 5.74) is -0.128. The van der Waals surface area contributed by atoms with Gasteiger partial charge in [-0.05, 0) is 39.0 Å². The SMILES string of the molecule is CC(C)(C)OC(=O)N1CCN(C(=O)CCC(=O)Nc2cccc(C(=O)O)c2)CC1. The normalized spacial score (nSPS) is 14.3. The molecule has 1 aromatic carbocycles. The number of piperazine rings is 1. The minimum Gasteiger partial charge on any atom is -0.478 e. The lowest BCUT2D eigenvalue weighted by molar-refractivity contribution is -0.134. The number of carboxylic acids is 1. The predicted octanol–water partition coefficient (Wildman–Crippen LogP) is 2.18. The molecule has 9 heteroatoms. The molecule has 1 aliphatic heterocycles. The van der Waals surface area contributed by atoms with E-state index in [4.69, 9.17) is 9.84 Å². The van der Waals surface area contributed by atoms with E-state index in [0.29, 0.717) is 31.9 Å². The molecule has 0 saturated carbocycles. The number of amides is 3. The Morgan fingerprint density at radius 3 is 2.24 bits per heavy atom. The van der Waals surface area contributed by atoms with Crippen molar-refractivity contribution >= 4 is 29.6 Å². The molecule has 0 spiro atoms. The first kappa shape index (κ1) is 22.2. The maximum atomic E-state index is 12.3. The van der Waals surface area contributed by atoms with E-state index in [-0.39, 0.29) is 30.2 Å². The molecule has 0 aromatic heterocycles. The van der Waals surface area contributed by atoms with E-state index in [9.17, 15) is 19.2 Å². The predicted molar refractivity (Wildman–Crippen MR) is 106 cm³/mol. The topological polar surface area (TPSA) is 116 Å². The summed E-state index contributed by atoms with van der Waals surface area (Å²) in [6, 6.07) is 5.91. The molecule has 0 radical (unpaired) electrons. The average Bonchev–Trinajstić information content (AvgIpc) is 2.65. The molecule has 0 atom stereocenters. The van der Waals surface area contributed by atoms with Crippen LogP contribution in [0.5, 0.6) is 0 Å². The summed E-state index contributed by atoms with van der Waals surface area (Å²) in [4.78, 5) is 50.6. The van der Waals surface area contributed by atoms with Crippen molar-refractivity contribution in [3.05, 3.63) is 29.8 Å². The third kappa shape index (κ3) is 7.10. The zero-order chi connectivity index (χ0) is 21.6. The second-order valence-corrected chi connectivity index (χ2v) is 7.78. The molecule has 0 aliphatic carbocycles. The van der Waals surface area contributed by atoms with Gasteiger partial charge in [-0.25, -0.2) is 9.59 Å². The second kappa shape index (κ2) is 9.40. The molecule has 9 nitrogen and oxygen atoms in total. The molecule has 1 aromatic rings. The summed E-state index contributed by atoms with van der Waals surface area (Å²) in [6.07, 6.45) is -0.369. The first-order valence-electron chi connectivity index (χ1n) is 9.44. The number of nitrogens with one attached hydrogen (secondary N) is 1. The van der Waals surface area contributed by atoms with Crippen LogP contribution >= 0.6 is 0 Å². The van der Waals surface area contributed by atoms with E-state index in [2.05, 4.69) is 5.32 Å². The minimum absolute atomic E-state index is 0.0115. The number of benzene rings is 1. The van der Waals surface area contributed by atoms with Crippen molar-refractivity contribution < 1.29 is 29.0 Å². The van der Waals surface area contributed by atoms with Crippen LogP contribution in [0.4, 0.5) is 10.5 Å². The van der Waals surface area contributed by atoms with E-state index >= 15 is 0 Å². The van der Waals surface area contributed by atoms with Crippen LogP contribution in [0.3, 0.4) is 0 Å². The van der Waals surface area contributed by atoms with Crippen LogP contribution in [0.25, 0.3) is 0 Å². The quantitative estimate of drug-likeness (QED) is 0.776. The van der Waals surface area contributed by atoms with Gasteiger partial charge in [-0.15, -0.1) is 0 Å². The fraction of sp³-hybridized carbons (Fsp3) is 0.500. The molecular weight excluding hydrogens is 378 g/mol. The highest BCUT2D eigenvalue weighted by molar-refractivity contribution is 5.95. The van der Waals surface area contributed by atoms with Crippen LogP contribution in [0.15, 0.2) is 24.3 Å².